The van der Waals surface area contributed by atoms with Crippen LogP contribution >= 0.6 is 11.6 Å². The van der Waals surface area contributed by atoms with Crippen LogP contribution in [-0.2, 0) is 12.8 Å². The molecule has 0 saturated heterocycles. The molecule has 0 bridgehead atoms. The fourth-order valence-corrected chi connectivity index (χ4v) is 2.92. The maximum atomic E-state index is 13.5. The lowest BCUT2D eigenvalue weighted by atomic mass is 10.1. The van der Waals surface area contributed by atoms with Crippen molar-refractivity contribution in [2.75, 3.05) is 5.43 Å². The first-order valence-corrected chi connectivity index (χ1v) is 7.38. The molecule has 6 heteroatoms. The molecule has 4 nitrogen and oxygen atoms in total. The molecule has 0 fully saturated rings. The Kier molecular flexibility index (Phi) is 4.03. The predicted octanol–water partition coefficient (Wildman–Crippen LogP) is 3.49. The number of nitrogens with one attached hydrogen (secondary N) is 1. The number of aryl methyl sites for hydroxylation is 1. The smallest absolute Gasteiger partial charge is 0.161 e. The molecule has 0 aliphatic heterocycles. The summed E-state index contributed by atoms with van der Waals surface area (Å²) in [6, 6.07) is 4.30. The lowest BCUT2D eigenvalue weighted by Gasteiger charge is -2.13. The molecule has 0 spiro atoms. The summed E-state index contributed by atoms with van der Waals surface area (Å²) in [5.74, 6) is 6.26. The van der Waals surface area contributed by atoms with Crippen molar-refractivity contribution >= 4 is 17.4 Å². The summed E-state index contributed by atoms with van der Waals surface area (Å²) in [6.07, 6.45) is 5.18. The lowest BCUT2D eigenvalue weighted by Crippen LogP contribution is -2.14. The fraction of sp³-hybridized carbons (Fsp3) is 0.333. The van der Waals surface area contributed by atoms with Gasteiger partial charge in [-0.2, -0.15) is 0 Å². The first-order chi connectivity index (χ1) is 10.2. The summed E-state index contributed by atoms with van der Waals surface area (Å²) in [4.78, 5) is 9.03. The number of hydrogen-bond donors (Lipinski definition) is 2. The third-order valence-electron chi connectivity index (χ3n) is 3.69. The van der Waals surface area contributed by atoms with Gasteiger partial charge in [-0.05, 0) is 43.9 Å². The van der Waals surface area contributed by atoms with E-state index in [1.54, 1.807) is 6.07 Å². The first kappa shape index (κ1) is 14.2. The van der Waals surface area contributed by atoms with E-state index in [0.29, 0.717) is 22.2 Å². The minimum Gasteiger partial charge on any atom is -0.308 e. The largest absolute Gasteiger partial charge is 0.308 e. The number of nitrogens with two attached hydrogens (primary N) is 1. The zero-order valence-electron chi connectivity index (χ0n) is 11.5. The van der Waals surface area contributed by atoms with Crippen LogP contribution in [0.2, 0.25) is 5.02 Å². The second-order valence-electron chi connectivity index (χ2n) is 5.18. The van der Waals surface area contributed by atoms with Crippen molar-refractivity contribution in [3.05, 3.63) is 40.3 Å². The van der Waals surface area contributed by atoms with Crippen molar-refractivity contribution in [3.63, 3.8) is 0 Å². The normalized spacial score (nSPS) is 14.4. The van der Waals surface area contributed by atoms with Gasteiger partial charge in [0, 0.05) is 21.8 Å². The molecule has 1 aliphatic carbocycles. The standard InChI is InChI=1S/C15H16ClFN4/c16-10-6-9(7-11(17)8-10)14-19-13-5-3-1-2-4-12(13)15(20-14)21-18/h6-8H,1-5,18H2,(H,19,20,21). The minimum absolute atomic E-state index is 0.325. The van der Waals surface area contributed by atoms with Crippen molar-refractivity contribution in [3.8, 4) is 11.4 Å². The summed E-state index contributed by atoms with van der Waals surface area (Å²) in [7, 11) is 0. The van der Waals surface area contributed by atoms with Gasteiger partial charge in [0.25, 0.3) is 0 Å². The molecule has 0 unspecified atom stereocenters. The van der Waals surface area contributed by atoms with Gasteiger partial charge in [0.1, 0.15) is 11.6 Å². The molecule has 21 heavy (non-hydrogen) atoms. The van der Waals surface area contributed by atoms with Gasteiger partial charge >= 0.3 is 0 Å². The van der Waals surface area contributed by atoms with Crippen LogP contribution in [0.25, 0.3) is 11.4 Å². The molecule has 3 N–H and O–H groups in total. The van der Waals surface area contributed by atoms with Crippen LogP contribution in [0.15, 0.2) is 18.2 Å². The Morgan fingerprint density at radius 1 is 1.10 bits per heavy atom. The molecule has 1 aliphatic rings. The molecule has 1 aromatic heterocycles. The van der Waals surface area contributed by atoms with E-state index in [0.717, 1.165) is 36.9 Å². The molecule has 0 amide bonds. The van der Waals surface area contributed by atoms with E-state index in [1.807, 2.05) is 0 Å². The Hall–Kier alpha value is -1.72. The molecular weight excluding hydrogens is 291 g/mol. The van der Waals surface area contributed by atoms with E-state index in [1.165, 1.54) is 18.6 Å². The summed E-state index contributed by atoms with van der Waals surface area (Å²) in [5.41, 5.74) is 5.27. The molecular formula is C15H16ClFN4. The average molecular weight is 307 g/mol. The van der Waals surface area contributed by atoms with Gasteiger partial charge in [0.05, 0.1) is 0 Å². The van der Waals surface area contributed by atoms with Gasteiger partial charge in [-0.1, -0.05) is 18.0 Å². The van der Waals surface area contributed by atoms with E-state index in [9.17, 15) is 4.39 Å². The molecule has 0 radical (unpaired) electrons. The predicted molar refractivity (Wildman–Crippen MR) is 81.5 cm³/mol. The Morgan fingerprint density at radius 2 is 1.90 bits per heavy atom. The van der Waals surface area contributed by atoms with E-state index in [4.69, 9.17) is 17.4 Å². The van der Waals surface area contributed by atoms with Gasteiger partial charge in [-0.3, -0.25) is 0 Å². The Balaban J connectivity index is 2.13. The monoisotopic (exact) mass is 306 g/mol. The Labute approximate surface area is 127 Å². The molecule has 1 aromatic carbocycles. The number of nitrogen functional groups attached to an aromatic ring is 1. The van der Waals surface area contributed by atoms with Crippen molar-refractivity contribution in [2.45, 2.75) is 32.1 Å². The molecule has 1 heterocycles. The number of rotatable bonds is 2. The molecule has 0 atom stereocenters. The highest BCUT2D eigenvalue weighted by molar-refractivity contribution is 6.30. The van der Waals surface area contributed by atoms with Crippen molar-refractivity contribution in [2.24, 2.45) is 5.84 Å². The van der Waals surface area contributed by atoms with E-state index in [-0.39, 0.29) is 0 Å². The number of anilines is 1. The number of benzene rings is 1. The quantitative estimate of drug-likeness (QED) is 0.506. The second-order valence-corrected chi connectivity index (χ2v) is 5.62. The lowest BCUT2D eigenvalue weighted by molar-refractivity contribution is 0.628. The minimum atomic E-state index is -0.404. The summed E-state index contributed by atoms with van der Waals surface area (Å²) >= 11 is 5.91. The van der Waals surface area contributed by atoms with Gasteiger partial charge < -0.3 is 5.43 Å². The maximum absolute atomic E-state index is 13.5. The number of aromatic nitrogens is 2. The maximum Gasteiger partial charge on any atom is 0.161 e. The number of nitrogens with zero attached hydrogens (tertiary/aromatic N) is 2. The molecule has 3 rings (SSSR count). The van der Waals surface area contributed by atoms with Crippen LogP contribution in [0.3, 0.4) is 0 Å². The number of hydrazine groups is 1. The van der Waals surface area contributed by atoms with E-state index in [2.05, 4.69) is 15.4 Å². The average Bonchev–Trinajstić information content (AvgIpc) is 2.70. The Morgan fingerprint density at radius 3 is 2.67 bits per heavy atom. The number of hydrogen-bond acceptors (Lipinski definition) is 4. The molecule has 2 aromatic rings. The number of halogens is 2. The third-order valence-corrected chi connectivity index (χ3v) is 3.91. The number of fused-ring (bicyclic) bond motifs is 1. The van der Waals surface area contributed by atoms with Gasteiger partial charge in [-0.15, -0.1) is 0 Å². The van der Waals surface area contributed by atoms with Crippen LogP contribution < -0.4 is 11.3 Å². The van der Waals surface area contributed by atoms with Gasteiger partial charge in [0.15, 0.2) is 5.82 Å². The van der Waals surface area contributed by atoms with Crippen LogP contribution in [-0.4, -0.2) is 9.97 Å². The van der Waals surface area contributed by atoms with E-state index >= 15 is 0 Å². The summed E-state index contributed by atoms with van der Waals surface area (Å²) in [6.45, 7) is 0. The second kappa shape index (κ2) is 5.95. The zero-order valence-corrected chi connectivity index (χ0v) is 12.3. The van der Waals surface area contributed by atoms with Crippen molar-refractivity contribution in [1.29, 1.82) is 0 Å². The molecule has 110 valence electrons. The van der Waals surface area contributed by atoms with Crippen molar-refractivity contribution < 1.29 is 4.39 Å². The highest BCUT2D eigenvalue weighted by Gasteiger charge is 2.17. The van der Waals surface area contributed by atoms with Crippen LogP contribution in [0.4, 0.5) is 10.2 Å². The Bertz CT molecular complexity index is 655. The summed E-state index contributed by atoms with van der Waals surface area (Å²) < 4.78 is 13.5. The van der Waals surface area contributed by atoms with Crippen LogP contribution in [0, 0.1) is 5.82 Å². The van der Waals surface area contributed by atoms with Gasteiger partial charge in [0.2, 0.25) is 0 Å². The van der Waals surface area contributed by atoms with Crippen LogP contribution in [0.1, 0.15) is 30.5 Å². The molecule has 0 saturated carbocycles. The third kappa shape index (κ3) is 2.99. The van der Waals surface area contributed by atoms with Crippen molar-refractivity contribution in [1.82, 2.24) is 9.97 Å². The fourth-order valence-electron chi connectivity index (χ4n) is 2.70. The van der Waals surface area contributed by atoms with Crippen LogP contribution in [0.5, 0.6) is 0 Å². The highest BCUT2D eigenvalue weighted by Crippen LogP contribution is 2.28. The zero-order chi connectivity index (χ0) is 14.8. The first-order valence-electron chi connectivity index (χ1n) is 7.00. The van der Waals surface area contributed by atoms with E-state index < -0.39 is 5.82 Å². The SMILES string of the molecule is NNc1nc(-c2cc(F)cc(Cl)c2)nc2c1CCCCC2. The topological polar surface area (TPSA) is 63.8 Å². The highest BCUT2D eigenvalue weighted by atomic mass is 35.5. The summed E-state index contributed by atoms with van der Waals surface area (Å²) in [5, 5.41) is 0.325. The van der Waals surface area contributed by atoms with Gasteiger partial charge in [-0.25, -0.2) is 20.2 Å².